The highest BCUT2D eigenvalue weighted by atomic mass is 19.4. The molecule has 0 aliphatic rings. The summed E-state index contributed by atoms with van der Waals surface area (Å²) in [6.07, 6.45) is -2.56. The van der Waals surface area contributed by atoms with Crippen LogP contribution in [0.3, 0.4) is 0 Å². The molecule has 0 saturated carbocycles. The summed E-state index contributed by atoms with van der Waals surface area (Å²) in [5, 5.41) is 0. The Hall–Kier alpha value is -3.54. The minimum atomic E-state index is -5.31. The smallest absolute Gasteiger partial charge is 0.385 e. The van der Waals surface area contributed by atoms with Crippen molar-refractivity contribution < 1.29 is 27.5 Å². The minimum absolute atomic E-state index is 0.174. The summed E-state index contributed by atoms with van der Waals surface area (Å²) < 4.78 is 43.6. The third kappa shape index (κ3) is 4.19. The molecule has 0 amide bonds. The third-order valence-electron chi connectivity index (χ3n) is 4.86. The maximum Gasteiger partial charge on any atom is 0.491 e. The Morgan fingerprint density at radius 3 is 2.58 bits per heavy atom. The van der Waals surface area contributed by atoms with Crippen LogP contribution in [0.25, 0.3) is 16.9 Å². The van der Waals surface area contributed by atoms with Gasteiger partial charge in [0.25, 0.3) is 5.56 Å². The number of ether oxygens (including phenoxy) is 1. The van der Waals surface area contributed by atoms with E-state index in [4.69, 9.17) is 5.73 Å². The summed E-state index contributed by atoms with van der Waals surface area (Å²) >= 11 is 0. The molecule has 9 nitrogen and oxygen atoms in total. The molecule has 1 atom stereocenters. The molecule has 3 rings (SSSR count). The Labute approximate surface area is 173 Å². The molecule has 31 heavy (non-hydrogen) atoms. The number of imidazole rings is 1. The van der Waals surface area contributed by atoms with Crippen molar-refractivity contribution in [3.05, 3.63) is 52.0 Å². The molecular weight excluding hydrogens is 419 g/mol. The molecule has 0 aliphatic heterocycles. The number of halogens is 3. The van der Waals surface area contributed by atoms with E-state index < -0.39 is 24.2 Å². The topological polar surface area (TPSA) is 122 Å². The van der Waals surface area contributed by atoms with E-state index in [-0.39, 0.29) is 17.7 Å². The highest BCUT2D eigenvalue weighted by Gasteiger charge is 2.43. The van der Waals surface area contributed by atoms with Crippen LogP contribution in [0.2, 0.25) is 0 Å². The van der Waals surface area contributed by atoms with Crippen LogP contribution in [0.15, 0.2) is 29.3 Å². The Morgan fingerprint density at radius 1 is 1.26 bits per heavy atom. The third-order valence-corrected chi connectivity index (χ3v) is 4.86. The van der Waals surface area contributed by atoms with Crippen molar-refractivity contribution in [3.63, 3.8) is 0 Å². The quantitative estimate of drug-likeness (QED) is 0.481. The highest BCUT2D eigenvalue weighted by Crippen LogP contribution is 2.23. The van der Waals surface area contributed by atoms with E-state index in [1.54, 1.807) is 39.2 Å². The van der Waals surface area contributed by atoms with Gasteiger partial charge in [-0.3, -0.25) is 4.79 Å². The van der Waals surface area contributed by atoms with Crippen LogP contribution < -0.4 is 11.3 Å². The Balaban J connectivity index is 1.95. The molecule has 0 spiro atoms. The van der Waals surface area contributed by atoms with Crippen LogP contribution >= 0.6 is 0 Å². The molecular formula is C19H18F3N5O4. The zero-order valence-electron chi connectivity index (χ0n) is 16.7. The van der Waals surface area contributed by atoms with E-state index in [1.807, 2.05) is 0 Å². The zero-order chi connectivity index (χ0) is 23.1. The molecule has 164 valence electrons. The molecule has 0 aromatic carbocycles. The fourth-order valence-corrected chi connectivity index (χ4v) is 2.98. The van der Waals surface area contributed by atoms with Crippen molar-refractivity contribution in [1.29, 1.82) is 0 Å². The van der Waals surface area contributed by atoms with Crippen LogP contribution in [0.5, 0.6) is 0 Å². The van der Waals surface area contributed by atoms with Crippen molar-refractivity contribution in [2.45, 2.75) is 32.5 Å². The lowest BCUT2D eigenvalue weighted by molar-refractivity contribution is -0.202. The van der Waals surface area contributed by atoms with Gasteiger partial charge in [0, 0.05) is 42.8 Å². The lowest BCUT2D eigenvalue weighted by atomic mass is 10.1. The summed E-state index contributed by atoms with van der Waals surface area (Å²) in [6, 6.07) is 1.57. The number of hydrogen-bond donors (Lipinski definition) is 1. The molecule has 2 N–H and O–H groups in total. The normalized spacial score (nSPS) is 12.7. The molecule has 0 bridgehead atoms. The van der Waals surface area contributed by atoms with Gasteiger partial charge in [0.15, 0.2) is 0 Å². The average Bonchev–Trinajstić information content (AvgIpc) is 3.19. The molecule has 3 aromatic rings. The molecule has 0 aliphatic carbocycles. The van der Waals surface area contributed by atoms with Crippen molar-refractivity contribution in [1.82, 2.24) is 18.9 Å². The highest BCUT2D eigenvalue weighted by molar-refractivity contribution is 5.91. The second-order valence-corrected chi connectivity index (χ2v) is 6.87. The van der Waals surface area contributed by atoms with E-state index in [9.17, 15) is 27.6 Å². The molecule has 12 heteroatoms. The van der Waals surface area contributed by atoms with Crippen LogP contribution in [-0.4, -0.2) is 43.1 Å². The first-order valence-electron chi connectivity index (χ1n) is 8.99. The number of rotatable bonds is 4. The molecule has 3 aromatic heterocycles. The predicted octanol–water partition coefficient (Wildman–Crippen LogP) is 1.21. The van der Waals surface area contributed by atoms with Gasteiger partial charge >= 0.3 is 18.1 Å². The van der Waals surface area contributed by atoms with Crippen LogP contribution in [0, 0.1) is 13.8 Å². The first-order chi connectivity index (χ1) is 14.4. The predicted molar refractivity (Wildman–Crippen MR) is 102 cm³/mol. The number of nitrogens with zero attached hydrogens (tertiary/aromatic N) is 4. The molecule has 0 saturated heterocycles. The van der Waals surface area contributed by atoms with Gasteiger partial charge in [0.05, 0.1) is 5.69 Å². The summed E-state index contributed by atoms with van der Waals surface area (Å²) in [7, 11) is 1.62. The zero-order valence-corrected chi connectivity index (χ0v) is 16.7. The largest absolute Gasteiger partial charge is 0.491 e. The fourth-order valence-electron chi connectivity index (χ4n) is 2.98. The van der Waals surface area contributed by atoms with Gasteiger partial charge in [-0.1, -0.05) is 0 Å². The summed E-state index contributed by atoms with van der Waals surface area (Å²) in [5.41, 5.74) is 8.03. The van der Waals surface area contributed by atoms with Gasteiger partial charge in [0.2, 0.25) is 0 Å². The number of alkyl halides is 3. The summed E-state index contributed by atoms with van der Waals surface area (Å²) in [4.78, 5) is 43.9. The lowest BCUT2D eigenvalue weighted by Crippen LogP contribution is -2.39. The number of carbonyl (C=O) groups is 2. The molecule has 0 fully saturated rings. The van der Waals surface area contributed by atoms with E-state index in [0.29, 0.717) is 28.3 Å². The number of pyridine rings is 1. The molecule has 0 radical (unpaired) electrons. The molecule has 3 heterocycles. The monoisotopic (exact) mass is 437 g/mol. The van der Waals surface area contributed by atoms with Crippen LogP contribution in [0.1, 0.15) is 17.1 Å². The average molecular weight is 437 g/mol. The number of aromatic nitrogens is 4. The Kier molecular flexibility index (Phi) is 5.68. The van der Waals surface area contributed by atoms with Gasteiger partial charge in [-0.2, -0.15) is 13.2 Å². The van der Waals surface area contributed by atoms with Crippen molar-refractivity contribution >= 4 is 17.6 Å². The van der Waals surface area contributed by atoms with E-state index in [0.717, 1.165) is 0 Å². The standard InChI is InChI=1S/C19H18F3N5O4/c1-9-10(2)26(3)16(28)14(25-9)12-5-4-11(27-7-6-24-15(12)27)8-13(23)17(29)31-18(30)19(20,21)22/h4-7,13H,8,23H2,1-3H3/t13-/m0/s1. The van der Waals surface area contributed by atoms with Crippen molar-refractivity contribution in [2.24, 2.45) is 12.8 Å². The minimum Gasteiger partial charge on any atom is -0.385 e. The second-order valence-electron chi connectivity index (χ2n) is 6.87. The SMILES string of the molecule is Cc1nc(-c2ccc(C[C@H](N)C(=O)OC(=O)C(F)(F)F)n3ccnc23)c(=O)n(C)c1C. The summed E-state index contributed by atoms with van der Waals surface area (Å²) in [6.45, 7) is 3.54. The second kappa shape index (κ2) is 7.95. The number of carbonyl (C=O) groups excluding carboxylic acids is 2. The number of esters is 2. The van der Waals surface area contributed by atoms with E-state index >= 15 is 0 Å². The Morgan fingerprint density at radius 2 is 1.94 bits per heavy atom. The van der Waals surface area contributed by atoms with Gasteiger partial charge in [-0.15, -0.1) is 0 Å². The van der Waals surface area contributed by atoms with Crippen molar-refractivity contribution in [3.8, 4) is 11.3 Å². The Bertz CT molecular complexity index is 1250. The van der Waals surface area contributed by atoms with Gasteiger partial charge in [0.1, 0.15) is 17.4 Å². The van der Waals surface area contributed by atoms with Gasteiger partial charge in [-0.25, -0.2) is 19.6 Å². The van der Waals surface area contributed by atoms with Crippen LogP contribution in [-0.2, 0) is 27.8 Å². The van der Waals surface area contributed by atoms with Crippen molar-refractivity contribution in [2.75, 3.05) is 0 Å². The number of hydrogen-bond acceptors (Lipinski definition) is 7. The maximum atomic E-state index is 12.7. The van der Waals surface area contributed by atoms with Gasteiger partial charge < -0.3 is 19.4 Å². The fraction of sp³-hybridized carbons (Fsp3) is 0.316. The summed E-state index contributed by atoms with van der Waals surface area (Å²) in [5.74, 6) is -4.14. The molecule has 0 unspecified atom stereocenters. The van der Waals surface area contributed by atoms with E-state index in [2.05, 4.69) is 14.7 Å². The maximum absolute atomic E-state index is 12.7. The number of aryl methyl sites for hydroxylation is 1. The van der Waals surface area contributed by atoms with Gasteiger partial charge in [-0.05, 0) is 26.0 Å². The first-order valence-corrected chi connectivity index (χ1v) is 8.99. The lowest BCUT2D eigenvalue weighted by Gasteiger charge is -2.14. The number of fused-ring (bicyclic) bond motifs is 1. The van der Waals surface area contributed by atoms with Crippen LogP contribution in [0.4, 0.5) is 13.2 Å². The number of nitrogens with two attached hydrogens (primary N) is 1. The van der Waals surface area contributed by atoms with E-state index in [1.165, 1.54) is 15.2 Å². The first kappa shape index (κ1) is 22.2.